The van der Waals surface area contributed by atoms with Crippen molar-refractivity contribution in [3.8, 4) is 0 Å². The second-order valence-electron chi connectivity index (χ2n) is 5.25. The van der Waals surface area contributed by atoms with Gasteiger partial charge in [0.25, 0.3) is 0 Å². The summed E-state index contributed by atoms with van der Waals surface area (Å²) in [5.74, 6) is 0.909. The number of imidazole rings is 1. The van der Waals surface area contributed by atoms with Gasteiger partial charge in [-0.1, -0.05) is 6.42 Å². The molecule has 1 aliphatic carbocycles. The lowest BCUT2D eigenvalue weighted by molar-refractivity contribution is 0.190. The van der Waals surface area contributed by atoms with Gasteiger partial charge in [-0.15, -0.1) is 0 Å². The Labute approximate surface area is 111 Å². The van der Waals surface area contributed by atoms with E-state index in [9.17, 15) is 10.2 Å². The first-order valence-corrected chi connectivity index (χ1v) is 6.72. The van der Waals surface area contributed by atoms with Crippen LogP contribution in [0.4, 0.5) is 5.69 Å². The van der Waals surface area contributed by atoms with Crippen molar-refractivity contribution in [2.24, 2.45) is 5.92 Å². The second-order valence-corrected chi connectivity index (χ2v) is 5.25. The summed E-state index contributed by atoms with van der Waals surface area (Å²) in [5.41, 5.74) is 8.25. The monoisotopic (exact) mass is 261 g/mol. The van der Waals surface area contributed by atoms with E-state index in [0.717, 1.165) is 30.3 Å². The van der Waals surface area contributed by atoms with E-state index in [0.29, 0.717) is 11.5 Å². The molecule has 1 aliphatic rings. The molecule has 2 aromatic rings. The van der Waals surface area contributed by atoms with E-state index in [2.05, 4.69) is 9.55 Å². The van der Waals surface area contributed by atoms with Gasteiger partial charge in [0.15, 0.2) is 0 Å². The highest BCUT2D eigenvalue weighted by Crippen LogP contribution is 2.38. The van der Waals surface area contributed by atoms with Gasteiger partial charge in [0.1, 0.15) is 12.4 Å². The fraction of sp³-hybridized carbons (Fsp3) is 0.500. The molecule has 0 radical (unpaired) electrons. The van der Waals surface area contributed by atoms with Crippen LogP contribution in [0.3, 0.4) is 0 Å². The molecule has 2 unspecified atom stereocenters. The lowest BCUT2D eigenvalue weighted by atomic mass is 10.0. The van der Waals surface area contributed by atoms with Crippen LogP contribution in [0.2, 0.25) is 0 Å². The molecule has 1 fully saturated rings. The minimum Gasteiger partial charge on any atom is -0.399 e. The summed E-state index contributed by atoms with van der Waals surface area (Å²) in [5, 5.41) is 19.0. The van der Waals surface area contributed by atoms with Gasteiger partial charge in [-0.3, -0.25) is 0 Å². The predicted molar refractivity (Wildman–Crippen MR) is 73.5 cm³/mol. The third-order valence-electron chi connectivity index (χ3n) is 4.11. The van der Waals surface area contributed by atoms with Crippen LogP contribution in [0.1, 0.15) is 31.1 Å². The molecule has 1 saturated carbocycles. The van der Waals surface area contributed by atoms with E-state index >= 15 is 0 Å². The molecule has 3 rings (SSSR count). The minimum atomic E-state index is -0.0940. The molecule has 2 atom stereocenters. The molecule has 4 N–H and O–H groups in total. The first kappa shape index (κ1) is 12.4. The van der Waals surface area contributed by atoms with Crippen molar-refractivity contribution >= 4 is 16.7 Å². The summed E-state index contributed by atoms with van der Waals surface area (Å²) in [4.78, 5) is 4.46. The van der Waals surface area contributed by atoms with Crippen LogP contribution in [-0.4, -0.2) is 26.4 Å². The normalized spacial score (nSPS) is 23.3. The molecule has 1 heterocycles. The summed E-state index contributed by atoms with van der Waals surface area (Å²) < 4.78 is 2.09. The van der Waals surface area contributed by atoms with E-state index in [-0.39, 0.29) is 25.2 Å². The highest BCUT2D eigenvalue weighted by atomic mass is 16.3. The molecule has 19 heavy (non-hydrogen) atoms. The zero-order valence-electron chi connectivity index (χ0n) is 10.8. The molecule has 5 nitrogen and oxygen atoms in total. The van der Waals surface area contributed by atoms with E-state index < -0.39 is 0 Å². The van der Waals surface area contributed by atoms with E-state index in [1.807, 2.05) is 18.2 Å². The van der Waals surface area contributed by atoms with Gasteiger partial charge in [0.2, 0.25) is 0 Å². The Morgan fingerprint density at radius 3 is 2.89 bits per heavy atom. The summed E-state index contributed by atoms with van der Waals surface area (Å²) in [6.45, 7) is 0.0907. The Balaban J connectivity index is 2.15. The van der Waals surface area contributed by atoms with Crippen LogP contribution >= 0.6 is 0 Å². The van der Waals surface area contributed by atoms with Crippen LogP contribution in [0.15, 0.2) is 18.2 Å². The minimum absolute atomic E-state index is 0.0940. The summed E-state index contributed by atoms with van der Waals surface area (Å²) in [6.07, 6.45) is 3.16. The van der Waals surface area contributed by atoms with Crippen molar-refractivity contribution in [2.75, 3.05) is 12.3 Å². The maximum absolute atomic E-state index is 9.53. The average molecular weight is 261 g/mol. The van der Waals surface area contributed by atoms with E-state index in [4.69, 9.17) is 5.73 Å². The number of aliphatic hydroxyl groups excluding tert-OH is 2. The van der Waals surface area contributed by atoms with Crippen molar-refractivity contribution in [3.05, 3.63) is 24.0 Å². The number of nitrogen functional groups attached to an aromatic ring is 1. The largest absolute Gasteiger partial charge is 0.399 e. The van der Waals surface area contributed by atoms with Crippen molar-refractivity contribution in [1.29, 1.82) is 0 Å². The zero-order chi connectivity index (χ0) is 13.4. The third kappa shape index (κ3) is 1.99. The van der Waals surface area contributed by atoms with Crippen molar-refractivity contribution in [2.45, 2.75) is 31.9 Å². The number of benzene rings is 1. The number of fused-ring (bicyclic) bond motifs is 1. The van der Waals surface area contributed by atoms with Crippen molar-refractivity contribution in [1.82, 2.24) is 9.55 Å². The maximum atomic E-state index is 9.53. The summed E-state index contributed by atoms with van der Waals surface area (Å²) in [6, 6.07) is 5.85. The van der Waals surface area contributed by atoms with Gasteiger partial charge in [0, 0.05) is 24.3 Å². The molecular weight excluding hydrogens is 242 g/mol. The molecule has 1 aromatic heterocycles. The molecule has 1 aromatic carbocycles. The summed E-state index contributed by atoms with van der Waals surface area (Å²) in [7, 11) is 0. The van der Waals surface area contributed by atoms with Crippen LogP contribution in [-0.2, 0) is 6.61 Å². The van der Waals surface area contributed by atoms with Gasteiger partial charge < -0.3 is 20.5 Å². The topological polar surface area (TPSA) is 84.3 Å². The lowest BCUT2D eigenvalue weighted by Crippen LogP contribution is -2.19. The van der Waals surface area contributed by atoms with Gasteiger partial charge in [-0.2, -0.15) is 0 Å². The van der Waals surface area contributed by atoms with E-state index in [1.165, 1.54) is 0 Å². The van der Waals surface area contributed by atoms with Crippen LogP contribution < -0.4 is 5.73 Å². The molecule has 0 saturated heterocycles. The quantitative estimate of drug-likeness (QED) is 0.730. The highest BCUT2D eigenvalue weighted by Gasteiger charge is 2.30. The van der Waals surface area contributed by atoms with Gasteiger partial charge >= 0.3 is 0 Å². The number of aromatic nitrogens is 2. The SMILES string of the molecule is Nc1ccc2c(c1)nc(CO)n2C1CCCC1CO. The molecule has 0 spiro atoms. The molecule has 102 valence electrons. The standard InChI is InChI=1S/C14H19N3O2/c15-10-4-5-13-11(6-10)16-14(8-19)17(13)12-3-1-2-9(12)7-18/h4-6,9,12,18-19H,1-3,7-8,15H2. The fourth-order valence-electron chi connectivity index (χ4n) is 3.22. The molecule has 0 aliphatic heterocycles. The first-order valence-electron chi connectivity index (χ1n) is 6.72. The average Bonchev–Trinajstić information content (AvgIpc) is 3.00. The number of nitrogens with two attached hydrogens (primary N) is 1. The zero-order valence-corrected chi connectivity index (χ0v) is 10.8. The number of nitrogens with zero attached hydrogens (tertiary/aromatic N) is 2. The van der Waals surface area contributed by atoms with Gasteiger partial charge in [-0.25, -0.2) is 4.98 Å². The number of aliphatic hydroxyl groups is 2. The number of anilines is 1. The fourth-order valence-corrected chi connectivity index (χ4v) is 3.22. The lowest BCUT2D eigenvalue weighted by Gasteiger charge is -2.22. The van der Waals surface area contributed by atoms with Crippen molar-refractivity contribution in [3.63, 3.8) is 0 Å². The third-order valence-corrected chi connectivity index (χ3v) is 4.11. The predicted octanol–water partition coefficient (Wildman–Crippen LogP) is 1.44. The Kier molecular flexibility index (Phi) is 3.16. The molecular formula is C14H19N3O2. The highest BCUT2D eigenvalue weighted by molar-refractivity contribution is 5.79. The number of hydrogen-bond acceptors (Lipinski definition) is 4. The Hall–Kier alpha value is -1.59. The van der Waals surface area contributed by atoms with Crippen LogP contribution in [0.5, 0.6) is 0 Å². The smallest absolute Gasteiger partial charge is 0.135 e. The van der Waals surface area contributed by atoms with Crippen molar-refractivity contribution < 1.29 is 10.2 Å². The molecule has 0 bridgehead atoms. The summed E-state index contributed by atoms with van der Waals surface area (Å²) >= 11 is 0. The first-order chi connectivity index (χ1) is 9.24. The number of hydrogen-bond donors (Lipinski definition) is 3. The number of rotatable bonds is 3. The second kappa shape index (κ2) is 4.83. The van der Waals surface area contributed by atoms with E-state index in [1.54, 1.807) is 0 Å². The Morgan fingerprint density at radius 1 is 1.32 bits per heavy atom. The Bertz CT molecular complexity index is 594. The molecule has 0 amide bonds. The van der Waals surface area contributed by atoms with Crippen LogP contribution in [0.25, 0.3) is 11.0 Å². The van der Waals surface area contributed by atoms with Gasteiger partial charge in [0.05, 0.1) is 11.0 Å². The Morgan fingerprint density at radius 2 is 2.16 bits per heavy atom. The van der Waals surface area contributed by atoms with Crippen LogP contribution in [0, 0.1) is 5.92 Å². The van der Waals surface area contributed by atoms with Gasteiger partial charge in [-0.05, 0) is 31.0 Å². The maximum Gasteiger partial charge on any atom is 0.135 e. The molecule has 5 heteroatoms.